The van der Waals surface area contributed by atoms with Gasteiger partial charge in [0, 0.05) is 15.2 Å². The third-order valence-electron chi connectivity index (χ3n) is 2.03. The monoisotopic (exact) mass is 194 g/mol. The van der Waals surface area contributed by atoms with E-state index >= 15 is 0 Å². The van der Waals surface area contributed by atoms with Crippen molar-refractivity contribution < 1.29 is 19.8 Å². The van der Waals surface area contributed by atoms with Gasteiger partial charge in [-0.15, -0.1) is 0 Å². The van der Waals surface area contributed by atoms with Crippen LogP contribution in [-0.2, 0) is 4.74 Å². The summed E-state index contributed by atoms with van der Waals surface area (Å²) in [5.74, 6) is 0. The Balaban J connectivity index is 2.21. The van der Waals surface area contributed by atoms with Crippen LogP contribution in [-0.4, -0.2) is 46.2 Å². The van der Waals surface area contributed by atoms with Gasteiger partial charge in [-0.05, 0) is 12.6 Å². The Morgan fingerprint density at radius 2 is 2.08 bits per heavy atom. The van der Waals surface area contributed by atoms with E-state index in [2.05, 4.69) is 0 Å². The van der Waals surface area contributed by atoms with E-state index in [0.717, 1.165) is 6.42 Å². The SMILES string of the molecule is OPCC[C@@H]1C[C@H](O)[C@H](O)CO1. The van der Waals surface area contributed by atoms with Crippen LogP contribution in [0, 0.1) is 0 Å². The first-order valence-corrected chi connectivity index (χ1v) is 5.24. The van der Waals surface area contributed by atoms with Gasteiger partial charge in [-0.1, -0.05) is 0 Å². The van der Waals surface area contributed by atoms with Crippen molar-refractivity contribution in [1.29, 1.82) is 0 Å². The van der Waals surface area contributed by atoms with Crippen LogP contribution in [0.3, 0.4) is 0 Å². The van der Waals surface area contributed by atoms with Gasteiger partial charge in [-0.2, -0.15) is 0 Å². The molecular formula is C7H15O4P. The minimum absolute atomic E-state index is 0.00282. The Morgan fingerprint density at radius 1 is 1.33 bits per heavy atom. The van der Waals surface area contributed by atoms with Gasteiger partial charge < -0.3 is 19.8 Å². The van der Waals surface area contributed by atoms with Crippen molar-refractivity contribution >= 4 is 8.81 Å². The summed E-state index contributed by atoms with van der Waals surface area (Å²) in [6.07, 6.45) is 0.560. The molecule has 1 saturated heterocycles. The molecule has 0 aromatic rings. The van der Waals surface area contributed by atoms with Crippen molar-refractivity contribution in [3.63, 3.8) is 0 Å². The van der Waals surface area contributed by atoms with Crippen molar-refractivity contribution in [3.05, 3.63) is 0 Å². The van der Waals surface area contributed by atoms with Gasteiger partial charge in [-0.3, -0.25) is 0 Å². The molecule has 0 aromatic carbocycles. The van der Waals surface area contributed by atoms with Gasteiger partial charge in [0.15, 0.2) is 0 Å². The average molecular weight is 194 g/mol. The predicted octanol–water partition coefficient (Wildman–Crippen LogP) is -0.527. The summed E-state index contributed by atoms with van der Waals surface area (Å²) in [4.78, 5) is 8.58. The van der Waals surface area contributed by atoms with Gasteiger partial charge in [0.2, 0.25) is 0 Å². The summed E-state index contributed by atoms with van der Waals surface area (Å²) in [6.45, 7) is 0.209. The summed E-state index contributed by atoms with van der Waals surface area (Å²) in [7, 11) is -0.0560. The lowest BCUT2D eigenvalue weighted by molar-refractivity contribution is -0.121. The second-order valence-corrected chi connectivity index (χ2v) is 3.84. The lowest BCUT2D eigenvalue weighted by Crippen LogP contribution is -2.41. The first kappa shape index (κ1) is 10.4. The number of aliphatic hydroxyl groups is 2. The second kappa shape index (κ2) is 5.10. The van der Waals surface area contributed by atoms with Gasteiger partial charge in [0.05, 0.1) is 18.8 Å². The first-order chi connectivity index (χ1) is 5.74. The summed E-state index contributed by atoms with van der Waals surface area (Å²) in [5.41, 5.74) is 0. The predicted molar refractivity (Wildman–Crippen MR) is 46.4 cm³/mol. The molecule has 72 valence electrons. The molecule has 5 heteroatoms. The molecule has 1 heterocycles. The van der Waals surface area contributed by atoms with E-state index in [0.29, 0.717) is 12.6 Å². The molecule has 0 amide bonds. The van der Waals surface area contributed by atoms with E-state index in [1.807, 2.05) is 0 Å². The summed E-state index contributed by atoms with van der Waals surface area (Å²) in [5, 5.41) is 18.4. The van der Waals surface area contributed by atoms with E-state index in [-0.39, 0.29) is 21.5 Å². The molecule has 3 N–H and O–H groups in total. The zero-order valence-electron chi connectivity index (χ0n) is 6.81. The molecule has 0 saturated carbocycles. The molecule has 4 nitrogen and oxygen atoms in total. The van der Waals surface area contributed by atoms with Crippen molar-refractivity contribution in [3.8, 4) is 0 Å². The number of rotatable bonds is 3. The van der Waals surface area contributed by atoms with Gasteiger partial charge >= 0.3 is 0 Å². The fraction of sp³-hybridized carbons (Fsp3) is 1.00. The Kier molecular flexibility index (Phi) is 4.40. The highest BCUT2D eigenvalue weighted by molar-refractivity contribution is 7.31. The fourth-order valence-electron chi connectivity index (χ4n) is 1.27. The summed E-state index contributed by atoms with van der Waals surface area (Å²) >= 11 is 0. The zero-order valence-corrected chi connectivity index (χ0v) is 7.81. The second-order valence-electron chi connectivity index (χ2n) is 3.02. The van der Waals surface area contributed by atoms with Crippen LogP contribution >= 0.6 is 8.81 Å². The minimum Gasteiger partial charge on any atom is -0.390 e. The molecule has 1 unspecified atom stereocenters. The Morgan fingerprint density at radius 3 is 2.67 bits per heavy atom. The van der Waals surface area contributed by atoms with E-state index in [1.54, 1.807) is 0 Å². The van der Waals surface area contributed by atoms with Crippen LogP contribution in [0.5, 0.6) is 0 Å². The van der Waals surface area contributed by atoms with Crippen LogP contribution in [0.1, 0.15) is 12.8 Å². The van der Waals surface area contributed by atoms with Gasteiger partial charge in [0.25, 0.3) is 0 Å². The molecule has 4 atom stereocenters. The maximum Gasteiger partial charge on any atom is 0.103 e. The number of hydrogen-bond donors (Lipinski definition) is 3. The molecule has 0 bridgehead atoms. The van der Waals surface area contributed by atoms with Crippen molar-refractivity contribution in [2.45, 2.75) is 31.2 Å². The van der Waals surface area contributed by atoms with Gasteiger partial charge in [-0.25, -0.2) is 0 Å². The quantitative estimate of drug-likeness (QED) is 0.528. The summed E-state index contributed by atoms with van der Waals surface area (Å²) < 4.78 is 5.25. The summed E-state index contributed by atoms with van der Waals surface area (Å²) in [6, 6.07) is 0. The topological polar surface area (TPSA) is 69.9 Å². The molecule has 1 aliphatic heterocycles. The van der Waals surface area contributed by atoms with Crippen LogP contribution in [0.4, 0.5) is 0 Å². The van der Waals surface area contributed by atoms with Crippen molar-refractivity contribution in [1.82, 2.24) is 0 Å². The minimum atomic E-state index is -0.738. The normalized spacial score (nSPS) is 37.8. The maximum atomic E-state index is 9.26. The average Bonchev–Trinajstić information content (AvgIpc) is 2.07. The lowest BCUT2D eigenvalue weighted by atomic mass is 10.0. The molecule has 1 aliphatic rings. The molecule has 0 radical (unpaired) electrons. The molecule has 0 spiro atoms. The standard InChI is InChI=1S/C7H15O4P/c8-6-3-5(1-2-12-10)11-4-7(6)9/h5-10,12H,1-4H2/t5-,6+,7-/m1/s1. The third kappa shape index (κ3) is 2.96. The Labute approximate surface area is 73.4 Å². The van der Waals surface area contributed by atoms with E-state index in [4.69, 9.17) is 14.7 Å². The molecular weight excluding hydrogens is 179 g/mol. The van der Waals surface area contributed by atoms with Crippen molar-refractivity contribution in [2.75, 3.05) is 12.8 Å². The third-order valence-corrected chi connectivity index (χ3v) is 2.54. The highest BCUT2D eigenvalue weighted by atomic mass is 31.1. The number of hydrogen-bond acceptors (Lipinski definition) is 4. The highest BCUT2D eigenvalue weighted by Gasteiger charge is 2.27. The maximum absolute atomic E-state index is 9.26. The molecule has 1 fully saturated rings. The van der Waals surface area contributed by atoms with Crippen LogP contribution in [0.15, 0.2) is 0 Å². The van der Waals surface area contributed by atoms with E-state index in [9.17, 15) is 5.11 Å². The molecule has 0 aromatic heterocycles. The Hall–Kier alpha value is 0.270. The zero-order chi connectivity index (χ0) is 8.97. The first-order valence-electron chi connectivity index (χ1n) is 4.08. The highest BCUT2D eigenvalue weighted by Crippen LogP contribution is 2.19. The smallest absolute Gasteiger partial charge is 0.103 e. The van der Waals surface area contributed by atoms with Crippen LogP contribution < -0.4 is 0 Å². The van der Waals surface area contributed by atoms with E-state index < -0.39 is 12.2 Å². The fourth-order valence-corrected chi connectivity index (χ4v) is 1.72. The van der Waals surface area contributed by atoms with Crippen molar-refractivity contribution in [2.24, 2.45) is 0 Å². The number of ether oxygens (including phenoxy) is 1. The number of aliphatic hydroxyl groups excluding tert-OH is 2. The largest absolute Gasteiger partial charge is 0.390 e. The lowest BCUT2D eigenvalue weighted by Gasteiger charge is -2.30. The molecule has 0 aliphatic carbocycles. The van der Waals surface area contributed by atoms with Crippen LogP contribution in [0.2, 0.25) is 0 Å². The Bertz CT molecular complexity index is 131. The molecule has 1 rings (SSSR count). The van der Waals surface area contributed by atoms with Gasteiger partial charge in [0.1, 0.15) is 6.10 Å². The van der Waals surface area contributed by atoms with Crippen LogP contribution in [0.25, 0.3) is 0 Å². The van der Waals surface area contributed by atoms with E-state index in [1.165, 1.54) is 0 Å². The molecule has 12 heavy (non-hydrogen) atoms.